The molecule has 0 saturated heterocycles. The van der Waals surface area contributed by atoms with E-state index in [1.165, 1.54) is 0 Å². The average molecular weight is 202 g/mol. The van der Waals surface area contributed by atoms with E-state index >= 15 is 0 Å². The maximum Gasteiger partial charge on any atom is 0.309 e. The molecule has 0 heterocycles. The van der Waals surface area contributed by atoms with E-state index in [9.17, 15) is 4.79 Å². The van der Waals surface area contributed by atoms with E-state index in [4.69, 9.17) is 9.47 Å². The second kappa shape index (κ2) is 6.82. The molecular weight excluding hydrogens is 180 g/mol. The van der Waals surface area contributed by atoms with Crippen LogP contribution in [0.3, 0.4) is 0 Å². The van der Waals surface area contributed by atoms with Crippen molar-refractivity contribution in [1.82, 2.24) is 0 Å². The Balaban J connectivity index is 3.87. The fourth-order valence-electron chi connectivity index (χ4n) is 1.09. The molecule has 3 heteroatoms. The maximum atomic E-state index is 11.5. The van der Waals surface area contributed by atoms with Gasteiger partial charge in [0.05, 0.1) is 18.1 Å². The lowest BCUT2D eigenvalue weighted by molar-refractivity contribution is -0.153. The smallest absolute Gasteiger partial charge is 0.309 e. The van der Waals surface area contributed by atoms with Crippen LogP contribution in [0, 0.1) is 5.92 Å². The van der Waals surface area contributed by atoms with Crippen molar-refractivity contribution in [1.29, 1.82) is 0 Å². The van der Waals surface area contributed by atoms with Gasteiger partial charge in [0.1, 0.15) is 0 Å². The molecule has 0 rings (SSSR count). The quantitative estimate of drug-likeness (QED) is 0.620. The van der Waals surface area contributed by atoms with Gasteiger partial charge in [0, 0.05) is 7.11 Å². The molecule has 0 amide bonds. The highest BCUT2D eigenvalue weighted by Crippen LogP contribution is 2.11. The summed E-state index contributed by atoms with van der Waals surface area (Å²) in [4.78, 5) is 11.5. The highest BCUT2D eigenvalue weighted by molar-refractivity contribution is 5.72. The molecule has 0 aromatic heterocycles. The molecule has 0 fully saturated rings. The molecule has 0 aliphatic rings. The SMILES string of the molecule is CCC(C)OC(=O)C(C)CC(C)OC. The van der Waals surface area contributed by atoms with Crippen LogP contribution in [-0.2, 0) is 14.3 Å². The topological polar surface area (TPSA) is 35.5 Å². The zero-order valence-electron chi connectivity index (χ0n) is 9.87. The minimum absolute atomic E-state index is 0.0165. The summed E-state index contributed by atoms with van der Waals surface area (Å²) in [5.41, 5.74) is 0. The molecule has 3 atom stereocenters. The van der Waals surface area contributed by atoms with E-state index in [0.29, 0.717) is 6.42 Å². The fraction of sp³-hybridized carbons (Fsp3) is 0.909. The Labute approximate surface area is 86.8 Å². The van der Waals surface area contributed by atoms with Gasteiger partial charge in [-0.3, -0.25) is 4.79 Å². The van der Waals surface area contributed by atoms with Crippen LogP contribution in [-0.4, -0.2) is 25.3 Å². The van der Waals surface area contributed by atoms with Gasteiger partial charge in [-0.05, 0) is 26.7 Å². The van der Waals surface area contributed by atoms with E-state index in [0.717, 1.165) is 6.42 Å². The van der Waals surface area contributed by atoms with Crippen LogP contribution in [0.15, 0.2) is 0 Å². The summed E-state index contributed by atoms with van der Waals surface area (Å²) in [6.07, 6.45) is 1.70. The molecule has 3 nitrogen and oxygen atoms in total. The van der Waals surface area contributed by atoms with Gasteiger partial charge >= 0.3 is 5.97 Å². The first-order chi connectivity index (χ1) is 6.51. The second-order valence-corrected chi connectivity index (χ2v) is 3.84. The Morgan fingerprint density at radius 1 is 1.21 bits per heavy atom. The Morgan fingerprint density at radius 2 is 1.79 bits per heavy atom. The molecule has 0 spiro atoms. The predicted octanol–water partition coefficient (Wildman–Crippen LogP) is 2.39. The fourth-order valence-corrected chi connectivity index (χ4v) is 1.09. The van der Waals surface area contributed by atoms with Gasteiger partial charge < -0.3 is 9.47 Å². The van der Waals surface area contributed by atoms with Crippen molar-refractivity contribution in [2.24, 2.45) is 5.92 Å². The van der Waals surface area contributed by atoms with Crippen LogP contribution >= 0.6 is 0 Å². The lowest BCUT2D eigenvalue weighted by Gasteiger charge is -2.17. The molecule has 0 aromatic carbocycles. The van der Waals surface area contributed by atoms with Gasteiger partial charge in [-0.2, -0.15) is 0 Å². The third-order valence-electron chi connectivity index (χ3n) is 2.38. The van der Waals surface area contributed by atoms with E-state index < -0.39 is 0 Å². The van der Waals surface area contributed by atoms with Gasteiger partial charge in [0.15, 0.2) is 0 Å². The molecule has 0 aliphatic carbocycles. The van der Waals surface area contributed by atoms with E-state index in [-0.39, 0.29) is 24.1 Å². The second-order valence-electron chi connectivity index (χ2n) is 3.84. The standard InChI is InChI=1S/C11H22O3/c1-6-9(3)14-11(12)8(2)7-10(4)13-5/h8-10H,6-7H2,1-5H3. The monoisotopic (exact) mass is 202 g/mol. The lowest BCUT2D eigenvalue weighted by atomic mass is 10.0. The average Bonchev–Trinajstić information content (AvgIpc) is 2.17. The normalized spacial score (nSPS) is 17.2. The first-order valence-electron chi connectivity index (χ1n) is 5.24. The first kappa shape index (κ1) is 13.4. The number of hydrogen-bond acceptors (Lipinski definition) is 3. The van der Waals surface area contributed by atoms with Crippen LogP contribution in [0.5, 0.6) is 0 Å². The summed E-state index contributed by atoms with van der Waals surface area (Å²) in [5.74, 6) is -0.206. The number of carbonyl (C=O) groups excluding carboxylic acids is 1. The summed E-state index contributed by atoms with van der Waals surface area (Å²) < 4.78 is 10.3. The number of esters is 1. The van der Waals surface area contributed by atoms with Gasteiger partial charge in [0.2, 0.25) is 0 Å². The van der Waals surface area contributed by atoms with Crippen molar-refractivity contribution >= 4 is 5.97 Å². The molecule has 0 N–H and O–H groups in total. The van der Waals surface area contributed by atoms with Crippen molar-refractivity contribution in [3.63, 3.8) is 0 Å². The zero-order chi connectivity index (χ0) is 11.1. The molecule has 0 bridgehead atoms. The highest BCUT2D eigenvalue weighted by Gasteiger charge is 2.18. The molecule has 14 heavy (non-hydrogen) atoms. The number of ether oxygens (including phenoxy) is 2. The van der Waals surface area contributed by atoms with Crippen LogP contribution < -0.4 is 0 Å². The molecule has 0 aromatic rings. The van der Waals surface area contributed by atoms with Crippen molar-refractivity contribution in [3.05, 3.63) is 0 Å². The zero-order valence-corrected chi connectivity index (χ0v) is 9.87. The van der Waals surface area contributed by atoms with Crippen LogP contribution in [0.25, 0.3) is 0 Å². The molecule has 84 valence electrons. The molecule has 0 saturated carbocycles. The van der Waals surface area contributed by atoms with E-state index in [1.54, 1.807) is 7.11 Å². The van der Waals surface area contributed by atoms with Crippen molar-refractivity contribution in [2.75, 3.05) is 7.11 Å². The van der Waals surface area contributed by atoms with Gasteiger partial charge in [0.25, 0.3) is 0 Å². The summed E-state index contributed by atoms with van der Waals surface area (Å²) in [6.45, 7) is 7.73. The predicted molar refractivity (Wildman–Crippen MR) is 56.1 cm³/mol. The van der Waals surface area contributed by atoms with Crippen molar-refractivity contribution in [3.8, 4) is 0 Å². The summed E-state index contributed by atoms with van der Waals surface area (Å²) in [7, 11) is 1.65. The summed E-state index contributed by atoms with van der Waals surface area (Å²) in [5, 5.41) is 0. The van der Waals surface area contributed by atoms with Crippen LogP contribution in [0.4, 0.5) is 0 Å². The highest BCUT2D eigenvalue weighted by atomic mass is 16.5. The van der Waals surface area contributed by atoms with Crippen molar-refractivity contribution < 1.29 is 14.3 Å². The Hall–Kier alpha value is -0.570. The lowest BCUT2D eigenvalue weighted by Crippen LogP contribution is -2.23. The molecular formula is C11H22O3. The van der Waals surface area contributed by atoms with Crippen LogP contribution in [0.1, 0.15) is 40.5 Å². The third-order valence-corrected chi connectivity index (χ3v) is 2.38. The largest absolute Gasteiger partial charge is 0.462 e. The van der Waals surface area contributed by atoms with E-state index in [2.05, 4.69) is 0 Å². The van der Waals surface area contributed by atoms with E-state index in [1.807, 2.05) is 27.7 Å². The summed E-state index contributed by atoms with van der Waals surface area (Å²) in [6, 6.07) is 0. The van der Waals surface area contributed by atoms with Gasteiger partial charge in [-0.15, -0.1) is 0 Å². The maximum absolute atomic E-state index is 11.5. The molecule has 0 aliphatic heterocycles. The Bertz CT molecular complexity index is 168. The van der Waals surface area contributed by atoms with Crippen molar-refractivity contribution in [2.45, 2.75) is 52.7 Å². The number of carbonyl (C=O) groups is 1. The number of methoxy groups -OCH3 is 1. The summed E-state index contributed by atoms with van der Waals surface area (Å²) >= 11 is 0. The van der Waals surface area contributed by atoms with Crippen LogP contribution in [0.2, 0.25) is 0 Å². The minimum atomic E-state index is -0.122. The third kappa shape index (κ3) is 5.22. The van der Waals surface area contributed by atoms with Gasteiger partial charge in [-0.1, -0.05) is 13.8 Å². The number of rotatable bonds is 6. The minimum Gasteiger partial charge on any atom is -0.462 e. The number of hydrogen-bond donors (Lipinski definition) is 0. The Morgan fingerprint density at radius 3 is 2.21 bits per heavy atom. The first-order valence-corrected chi connectivity index (χ1v) is 5.24. The molecule has 0 radical (unpaired) electrons. The van der Waals surface area contributed by atoms with Gasteiger partial charge in [-0.25, -0.2) is 0 Å². The molecule has 3 unspecified atom stereocenters. The Kier molecular flexibility index (Phi) is 6.54.